The van der Waals surface area contributed by atoms with E-state index in [-0.39, 0.29) is 62.7 Å². The van der Waals surface area contributed by atoms with Crippen LogP contribution in [0.4, 0.5) is 0 Å². The molecule has 0 aliphatic heterocycles. The second-order valence-electron chi connectivity index (χ2n) is 0. The number of hydrogen-bond acceptors (Lipinski definition) is 0. The Bertz CT molecular complexity index is 3.25. The van der Waals surface area contributed by atoms with Crippen LogP contribution in [0.25, 0.3) is 6.15 Å². The maximum Gasteiger partial charge on any atom is 1.00 e. The van der Waals surface area contributed by atoms with Gasteiger partial charge in [0, 0.05) is 0 Å². The van der Waals surface area contributed by atoms with Crippen LogP contribution in [-0.2, 0) is 0 Å². The standard InChI is InChI=1S/3Li.N/q3*+1;-3. The van der Waals surface area contributed by atoms with E-state index in [1.807, 2.05) is 0 Å². The van der Waals surface area contributed by atoms with Gasteiger partial charge in [-0.1, -0.05) is 0 Å². The molecule has 0 aliphatic carbocycles. The third kappa shape index (κ3) is 9.26. The summed E-state index contributed by atoms with van der Waals surface area (Å²) < 4.78 is 0. The van der Waals surface area contributed by atoms with E-state index in [4.69, 9.17) is 0 Å². The summed E-state index contributed by atoms with van der Waals surface area (Å²) in [6, 6.07) is 0. The van der Waals surface area contributed by atoms with Gasteiger partial charge in [-0.2, -0.15) is 0 Å². The Morgan fingerprint density at radius 2 is 0.500 bits per heavy atom. The summed E-state index contributed by atoms with van der Waals surface area (Å²) in [6.07, 6.45) is 0. The van der Waals surface area contributed by atoms with Gasteiger partial charge in [-0.3, -0.25) is 0 Å². The van der Waals surface area contributed by atoms with Crippen LogP contribution < -0.4 is 56.6 Å². The summed E-state index contributed by atoms with van der Waals surface area (Å²) >= 11 is 0. The Hall–Kier alpha value is 1.75. The molecule has 0 N–H and O–H groups in total. The molecule has 0 bridgehead atoms. The van der Waals surface area contributed by atoms with Crippen LogP contribution in [0, 0.1) is 0 Å². The van der Waals surface area contributed by atoms with E-state index >= 15 is 0 Å². The van der Waals surface area contributed by atoms with Crippen molar-refractivity contribution in [1.82, 2.24) is 0 Å². The van der Waals surface area contributed by atoms with Gasteiger partial charge in [0.2, 0.25) is 0 Å². The van der Waals surface area contributed by atoms with Crippen molar-refractivity contribution < 1.29 is 56.6 Å². The predicted molar refractivity (Wildman–Crippen MR) is 3.36 cm³/mol. The molecule has 0 saturated carbocycles. The van der Waals surface area contributed by atoms with E-state index in [0.29, 0.717) is 0 Å². The molecule has 0 aromatic carbocycles. The largest absolute Gasteiger partial charge is 3.00 e. The first-order valence-corrected chi connectivity index (χ1v) is 0. The van der Waals surface area contributed by atoms with Gasteiger partial charge in [0.25, 0.3) is 0 Å². The Morgan fingerprint density at radius 1 is 0.500 bits per heavy atom. The minimum absolute atomic E-state index is 0. The van der Waals surface area contributed by atoms with E-state index in [1.54, 1.807) is 0 Å². The first-order chi connectivity index (χ1) is 0. The van der Waals surface area contributed by atoms with Crippen molar-refractivity contribution in [2.45, 2.75) is 0 Å². The SMILES string of the molecule is [Li+].[Li+].[Li+].[N-3]. The molecule has 0 radical (unpaired) electrons. The molecule has 8 valence electrons. The van der Waals surface area contributed by atoms with Gasteiger partial charge >= 0.3 is 56.6 Å². The number of nitrogens with zero attached hydrogens (tertiary/aromatic N) is 1. The summed E-state index contributed by atoms with van der Waals surface area (Å²) in [7, 11) is 0. The molecular formula is Li3N. The van der Waals surface area contributed by atoms with Crippen molar-refractivity contribution in [1.29, 1.82) is 0 Å². The maximum atomic E-state index is 0. The molecule has 0 atom stereocenters. The van der Waals surface area contributed by atoms with Crippen molar-refractivity contribution in [3.05, 3.63) is 6.15 Å². The molecule has 4 heteroatoms. The smallest absolute Gasteiger partial charge is 1.00 e. The molecule has 0 aromatic heterocycles. The Morgan fingerprint density at radius 3 is 0.500 bits per heavy atom. The number of hydrogen-bond donors (Lipinski definition) is 0. The second kappa shape index (κ2) is 21.8. The van der Waals surface area contributed by atoms with Gasteiger partial charge < -0.3 is 6.15 Å². The molecule has 0 saturated heterocycles. The van der Waals surface area contributed by atoms with E-state index in [0.717, 1.165) is 0 Å². The average Bonchev–Trinajstić information content (AvgIpc) is 0. The van der Waals surface area contributed by atoms with Crippen LogP contribution in [0.2, 0.25) is 0 Å². The van der Waals surface area contributed by atoms with Gasteiger partial charge in [-0.05, 0) is 0 Å². The van der Waals surface area contributed by atoms with Gasteiger partial charge in [0.05, 0.1) is 0 Å². The molecule has 0 unspecified atom stereocenters. The van der Waals surface area contributed by atoms with Crippen LogP contribution in [0.15, 0.2) is 0 Å². The first kappa shape index (κ1) is 42.3. The third-order valence-electron chi connectivity index (χ3n) is 0. The zero-order chi connectivity index (χ0) is 0. The fourth-order valence-electron chi connectivity index (χ4n) is 0. The monoisotopic (exact) mass is 35.1 g/mol. The molecule has 0 fully saturated rings. The predicted octanol–water partition coefficient (Wildman–Crippen LogP) is -8.70. The van der Waals surface area contributed by atoms with E-state index in [2.05, 4.69) is 0 Å². The second-order valence-corrected chi connectivity index (χ2v) is 0. The molecule has 0 aromatic rings. The van der Waals surface area contributed by atoms with Gasteiger partial charge in [-0.15, -0.1) is 0 Å². The molecule has 0 aliphatic rings. The molecule has 1 nitrogen and oxygen atoms in total. The fourth-order valence-corrected chi connectivity index (χ4v) is 0. The van der Waals surface area contributed by atoms with Crippen molar-refractivity contribution in [3.8, 4) is 0 Å². The van der Waals surface area contributed by atoms with Crippen LogP contribution in [0.5, 0.6) is 0 Å². The van der Waals surface area contributed by atoms with Crippen molar-refractivity contribution >= 4 is 0 Å². The summed E-state index contributed by atoms with van der Waals surface area (Å²) in [5, 5.41) is 0. The average molecular weight is 34.8 g/mol. The van der Waals surface area contributed by atoms with Gasteiger partial charge in [0.15, 0.2) is 0 Å². The van der Waals surface area contributed by atoms with Crippen molar-refractivity contribution in [2.24, 2.45) is 0 Å². The van der Waals surface area contributed by atoms with Crippen LogP contribution in [0.3, 0.4) is 0 Å². The zero-order valence-corrected chi connectivity index (χ0v) is 3.45. The van der Waals surface area contributed by atoms with Crippen molar-refractivity contribution in [3.63, 3.8) is 0 Å². The van der Waals surface area contributed by atoms with E-state index in [1.165, 1.54) is 0 Å². The molecule has 4 heavy (non-hydrogen) atoms. The topological polar surface area (TPSA) is 30.5 Å². The Kier molecular flexibility index (Phi) is 231. The van der Waals surface area contributed by atoms with Gasteiger partial charge in [0.1, 0.15) is 0 Å². The van der Waals surface area contributed by atoms with Crippen molar-refractivity contribution in [2.75, 3.05) is 0 Å². The van der Waals surface area contributed by atoms with Crippen LogP contribution in [-0.4, -0.2) is 0 Å². The van der Waals surface area contributed by atoms with Crippen LogP contribution in [0.1, 0.15) is 0 Å². The normalized spacial score (nSPS) is 0. The quantitative estimate of drug-likeness (QED) is 0.238. The first-order valence-electron chi connectivity index (χ1n) is 0. The minimum atomic E-state index is 0. The summed E-state index contributed by atoms with van der Waals surface area (Å²) in [4.78, 5) is 0. The Labute approximate surface area is 62.4 Å². The molecular weight excluding hydrogens is 34.8 g/mol. The molecule has 0 spiro atoms. The molecule has 0 amide bonds. The minimum Gasteiger partial charge on any atom is -3.00 e. The number of rotatable bonds is 0. The zero-order valence-electron chi connectivity index (χ0n) is 3.45. The fraction of sp³-hybridized carbons (Fsp3) is 0. The summed E-state index contributed by atoms with van der Waals surface area (Å²) in [5.74, 6) is 0. The van der Waals surface area contributed by atoms with Gasteiger partial charge in [-0.25, -0.2) is 0 Å². The molecule has 0 heterocycles. The summed E-state index contributed by atoms with van der Waals surface area (Å²) in [6.45, 7) is 0. The molecule has 0 rings (SSSR count). The van der Waals surface area contributed by atoms with E-state index < -0.39 is 0 Å². The maximum absolute atomic E-state index is 0. The third-order valence-corrected chi connectivity index (χ3v) is 0. The van der Waals surface area contributed by atoms with E-state index in [9.17, 15) is 0 Å². The summed E-state index contributed by atoms with van der Waals surface area (Å²) in [5.41, 5.74) is 0. The Balaban J connectivity index is 0. The van der Waals surface area contributed by atoms with Crippen LogP contribution >= 0.6 is 0 Å².